The van der Waals surface area contributed by atoms with Crippen molar-refractivity contribution in [2.24, 2.45) is 5.92 Å². The lowest BCUT2D eigenvalue weighted by molar-refractivity contribution is -0.145. The first-order chi connectivity index (χ1) is 13.5. The van der Waals surface area contributed by atoms with Crippen LogP contribution in [0.5, 0.6) is 0 Å². The number of benzene rings is 1. The molecule has 0 N–H and O–H groups in total. The van der Waals surface area contributed by atoms with Crippen LogP contribution in [0.25, 0.3) is 0 Å². The molecule has 0 saturated carbocycles. The summed E-state index contributed by atoms with van der Waals surface area (Å²) < 4.78 is 5.36. The van der Waals surface area contributed by atoms with Gasteiger partial charge in [-0.3, -0.25) is 14.5 Å². The van der Waals surface area contributed by atoms with E-state index in [9.17, 15) is 14.4 Å². The number of carbonyl (C=O) groups excluding carboxylic acids is 3. The Labute approximate surface area is 165 Å². The molecule has 28 heavy (non-hydrogen) atoms. The topological polar surface area (TPSA) is 70.2 Å². The Hall–Kier alpha value is -2.41. The van der Waals surface area contributed by atoms with Gasteiger partial charge in [0.2, 0.25) is 5.91 Å². The van der Waals surface area contributed by atoms with Gasteiger partial charge >= 0.3 is 6.03 Å². The van der Waals surface area contributed by atoms with Crippen molar-refractivity contribution in [3.8, 4) is 0 Å². The minimum Gasteiger partial charge on any atom is -0.381 e. The molecule has 0 aromatic heterocycles. The molecule has 3 aliphatic rings. The van der Waals surface area contributed by atoms with Crippen molar-refractivity contribution < 1.29 is 19.1 Å². The van der Waals surface area contributed by atoms with Crippen LogP contribution in [-0.2, 0) is 20.9 Å². The molecular weight excluding hydrogens is 358 g/mol. The number of amides is 4. The van der Waals surface area contributed by atoms with E-state index in [1.807, 2.05) is 35.2 Å². The van der Waals surface area contributed by atoms with Crippen LogP contribution >= 0.6 is 0 Å². The smallest absolute Gasteiger partial charge is 0.327 e. The van der Waals surface area contributed by atoms with Crippen molar-refractivity contribution in [1.82, 2.24) is 14.7 Å². The Balaban J connectivity index is 1.50. The lowest BCUT2D eigenvalue weighted by atomic mass is 9.84. The number of hydrogen-bond donors (Lipinski definition) is 0. The summed E-state index contributed by atoms with van der Waals surface area (Å²) in [6.07, 6.45) is 2.51. The zero-order valence-electron chi connectivity index (χ0n) is 16.3. The van der Waals surface area contributed by atoms with Gasteiger partial charge in [-0.25, -0.2) is 4.79 Å². The van der Waals surface area contributed by atoms with Gasteiger partial charge in [-0.2, -0.15) is 0 Å². The van der Waals surface area contributed by atoms with Crippen LogP contribution in [0.3, 0.4) is 0 Å². The van der Waals surface area contributed by atoms with Gasteiger partial charge in [0.05, 0.1) is 0 Å². The molecule has 0 radical (unpaired) electrons. The van der Waals surface area contributed by atoms with E-state index in [0.717, 1.165) is 18.4 Å². The van der Waals surface area contributed by atoms with Crippen LogP contribution in [0.4, 0.5) is 4.79 Å². The maximum Gasteiger partial charge on any atom is 0.327 e. The van der Waals surface area contributed by atoms with Crippen LogP contribution in [0.1, 0.15) is 31.2 Å². The Morgan fingerprint density at radius 1 is 1.11 bits per heavy atom. The van der Waals surface area contributed by atoms with E-state index in [-0.39, 0.29) is 23.8 Å². The van der Waals surface area contributed by atoms with Crippen LogP contribution in [0.15, 0.2) is 30.3 Å². The van der Waals surface area contributed by atoms with E-state index in [4.69, 9.17) is 4.74 Å². The number of nitrogens with zero attached hydrogens (tertiary/aromatic N) is 3. The normalized spacial score (nSPS) is 23.0. The van der Waals surface area contributed by atoms with Crippen molar-refractivity contribution in [1.29, 1.82) is 0 Å². The first-order valence-corrected chi connectivity index (χ1v) is 10.0. The fraction of sp³-hybridized carbons (Fsp3) is 0.571. The molecule has 0 aliphatic carbocycles. The molecule has 3 saturated heterocycles. The maximum atomic E-state index is 13.0. The SMILES string of the molecule is CN1C(=O)N(Cc2ccccc2)C2(CCN(C(=O)C3CCOCC3)CC2)C1=O. The lowest BCUT2D eigenvalue weighted by Crippen LogP contribution is -2.57. The zero-order chi connectivity index (χ0) is 19.7. The van der Waals surface area contributed by atoms with E-state index in [2.05, 4.69) is 0 Å². The molecule has 0 unspecified atom stereocenters. The average Bonchev–Trinajstić information content (AvgIpc) is 2.91. The summed E-state index contributed by atoms with van der Waals surface area (Å²) >= 11 is 0. The van der Waals surface area contributed by atoms with E-state index >= 15 is 0 Å². The molecule has 3 heterocycles. The number of urea groups is 1. The molecule has 1 aromatic rings. The summed E-state index contributed by atoms with van der Waals surface area (Å²) in [4.78, 5) is 43.5. The van der Waals surface area contributed by atoms with Gasteiger partial charge in [-0.1, -0.05) is 30.3 Å². The summed E-state index contributed by atoms with van der Waals surface area (Å²) in [7, 11) is 1.55. The number of rotatable bonds is 3. The number of ether oxygens (including phenoxy) is 1. The second-order valence-corrected chi connectivity index (χ2v) is 7.96. The van der Waals surface area contributed by atoms with Gasteiger partial charge in [0.1, 0.15) is 5.54 Å². The predicted octanol–water partition coefficient (Wildman–Crippen LogP) is 1.87. The number of likely N-dealkylation sites (tertiary alicyclic amines) is 1. The molecule has 1 aromatic carbocycles. The highest BCUT2D eigenvalue weighted by Gasteiger charge is 2.57. The van der Waals surface area contributed by atoms with Gasteiger partial charge in [0.15, 0.2) is 0 Å². The minimum absolute atomic E-state index is 0.0202. The third-order valence-electron chi connectivity index (χ3n) is 6.39. The fourth-order valence-electron chi connectivity index (χ4n) is 4.65. The van der Waals surface area contributed by atoms with Gasteiger partial charge < -0.3 is 14.5 Å². The second kappa shape index (κ2) is 7.54. The molecule has 0 bridgehead atoms. The average molecular weight is 385 g/mol. The molecule has 1 spiro atoms. The quantitative estimate of drug-likeness (QED) is 0.745. The highest BCUT2D eigenvalue weighted by Crippen LogP contribution is 2.38. The first-order valence-electron chi connectivity index (χ1n) is 10.0. The van der Waals surface area contributed by atoms with Crippen molar-refractivity contribution in [3.05, 3.63) is 35.9 Å². The molecular formula is C21H27N3O4. The number of likely N-dealkylation sites (N-methyl/N-ethyl adjacent to an activating group) is 1. The first kappa shape index (κ1) is 18.9. The van der Waals surface area contributed by atoms with Gasteiger partial charge in [-0.05, 0) is 31.2 Å². The number of carbonyl (C=O) groups is 3. The van der Waals surface area contributed by atoms with Gasteiger partial charge in [0, 0.05) is 45.8 Å². The Morgan fingerprint density at radius 2 is 1.75 bits per heavy atom. The van der Waals surface area contributed by atoms with Crippen LogP contribution in [0.2, 0.25) is 0 Å². The minimum atomic E-state index is -0.839. The zero-order valence-corrected chi connectivity index (χ0v) is 16.3. The molecule has 4 rings (SSSR count). The summed E-state index contributed by atoms with van der Waals surface area (Å²) in [6, 6.07) is 9.48. The summed E-state index contributed by atoms with van der Waals surface area (Å²) in [5.41, 5.74) is 0.160. The molecule has 4 amide bonds. The Kier molecular flexibility index (Phi) is 5.10. The fourth-order valence-corrected chi connectivity index (χ4v) is 4.65. The van der Waals surface area contributed by atoms with E-state index in [0.29, 0.717) is 45.7 Å². The number of piperidine rings is 1. The van der Waals surface area contributed by atoms with Crippen LogP contribution < -0.4 is 0 Å². The number of hydrogen-bond acceptors (Lipinski definition) is 4. The molecule has 3 fully saturated rings. The standard InChI is InChI=1S/C21H27N3O4/c1-22-19(26)21(24(20(22)27)15-16-5-3-2-4-6-16)9-11-23(12-10-21)18(25)17-7-13-28-14-8-17/h2-6,17H,7-15H2,1H3. The molecule has 150 valence electrons. The van der Waals surface area contributed by atoms with Crippen molar-refractivity contribution >= 4 is 17.8 Å². The monoisotopic (exact) mass is 385 g/mol. The third-order valence-corrected chi connectivity index (χ3v) is 6.39. The Bertz CT molecular complexity index is 752. The lowest BCUT2D eigenvalue weighted by Gasteiger charge is -2.43. The van der Waals surface area contributed by atoms with E-state index < -0.39 is 5.54 Å². The second-order valence-electron chi connectivity index (χ2n) is 7.96. The summed E-state index contributed by atoms with van der Waals surface area (Å²) in [5.74, 6) is 0.0382. The highest BCUT2D eigenvalue weighted by atomic mass is 16.5. The van der Waals surface area contributed by atoms with Crippen molar-refractivity contribution in [3.63, 3.8) is 0 Å². The number of imide groups is 1. The summed E-state index contributed by atoms with van der Waals surface area (Å²) in [6.45, 7) is 2.69. The van der Waals surface area contributed by atoms with E-state index in [1.54, 1.807) is 11.9 Å². The van der Waals surface area contributed by atoms with Crippen LogP contribution in [0, 0.1) is 5.92 Å². The molecule has 7 nitrogen and oxygen atoms in total. The van der Waals surface area contributed by atoms with Crippen LogP contribution in [-0.4, -0.2) is 71.4 Å². The van der Waals surface area contributed by atoms with Crippen molar-refractivity contribution in [2.75, 3.05) is 33.4 Å². The molecule has 3 aliphatic heterocycles. The third kappa shape index (κ3) is 3.17. The van der Waals surface area contributed by atoms with Crippen molar-refractivity contribution in [2.45, 2.75) is 37.8 Å². The highest BCUT2D eigenvalue weighted by molar-refractivity contribution is 6.06. The molecule has 7 heteroatoms. The van der Waals surface area contributed by atoms with E-state index in [1.165, 1.54) is 4.90 Å². The predicted molar refractivity (Wildman–Crippen MR) is 102 cm³/mol. The van der Waals surface area contributed by atoms with Gasteiger partial charge in [-0.15, -0.1) is 0 Å². The summed E-state index contributed by atoms with van der Waals surface area (Å²) in [5, 5.41) is 0. The largest absolute Gasteiger partial charge is 0.381 e. The Morgan fingerprint density at radius 3 is 2.39 bits per heavy atom. The maximum absolute atomic E-state index is 13.0. The molecule has 0 atom stereocenters. The van der Waals surface area contributed by atoms with Gasteiger partial charge in [0.25, 0.3) is 5.91 Å².